The Kier molecular flexibility index (Phi) is 5.73. The van der Waals surface area contributed by atoms with Gasteiger partial charge >= 0.3 is 0 Å². The summed E-state index contributed by atoms with van der Waals surface area (Å²) in [5.74, 6) is 1.13. The molecular weight excluding hydrogens is 332 g/mol. The van der Waals surface area contributed by atoms with Gasteiger partial charge in [-0.2, -0.15) is 0 Å². The molecule has 6 heteroatoms. The van der Waals surface area contributed by atoms with Gasteiger partial charge in [-0.3, -0.25) is 9.78 Å². The van der Waals surface area contributed by atoms with Crippen LogP contribution in [0.25, 0.3) is 0 Å². The Morgan fingerprint density at radius 3 is 2.88 bits per heavy atom. The van der Waals surface area contributed by atoms with Crippen LogP contribution < -0.4 is 9.47 Å². The van der Waals surface area contributed by atoms with E-state index in [0.717, 1.165) is 17.7 Å². The SMILES string of the molecule is Cc1cccc(OCC2(O)CCCN(C(=O)COc3cccnc3)C2)c1. The third-order valence-corrected chi connectivity index (χ3v) is 4.40. The average Bonchev–Trinajstić information content (AvgIpc) is 2.65. The maximum Gasteiger partial charge on any atom is 0.260 e. The van der Waals surface area contributed by atoms with Crippen molar-refractivity contribution in [3.05, 3.63) is 54.4 Å². The summed E-state index contributed by atoms with van der Waals surface area (Å²) < 4.78 is 11.2. The van der Waals surface area contributed by atoms with Crippen LogP contribution in [0, 0.1) is 6.92 Å². The van der Waals surface area contributed by atoms with Gasteiger partial charge in [0.15, 0.2) is 6.61 Å². The summed E-state index contributed by atoms with van der Waals surface area (Å²) in [6, 6.07) is 11.2. The van der Waals surface area contributed by atoms with Gasteiger partial charge in [-0.05, 0) is 49.6 Å². The summed E-state index contributed by atoms with van der Waals surface area (Å²) in [4.78, 5) is 18.0. The Labute approximate surface area is 153 Å². The van der Waals surface area contributed by atoms with Crippen molar-refractivity contribution in [2.45, 2.75) is 25.4 Å². The zero-order chi connectivity index (χ0) is 18.4. The number of hydrogen-bond acceptors (Lipinski definition) is 5. The van der Waals surface area contributed by atoms with Gasteiger partial charge in [0.2, 0.25) is 0 Å². The van der Waals surface area contributed by atoms with Crippen molar-refractivity contribution in [3.63, 3.8) is 0 Å². The first-order valence-corrected chi connectivity index (χ1v) is 8.77. The Morgan fingerprint density at radius 1 is 1.27 bits per heavy atom. The highest BCUT2D eigenvalue weighted by atomic mass is 16.5. The number of aromatic nitrogens is 1. The lowest BCUT2D eigenvalue weighted by Crippen LogP contribution is -2.54. The van der Waals surface area contributed by atoms with Crippen LogP contribution >= 0.6 is 0 Å². The number of aliphatic hydroxyl groups is 1. The topological polar surface area (TPSA) is 71.9 Å². The molecule has 1 atom stereocenters. The summed E-state index contributed by atoms with van der Waals surface area (Å²) in [5, 5.41) is 10.8. The normalized spacial score (nSPS) is 19.8. The molecule has 2 heterocycles. The predicted octanol–water partition coefficient (Wildman–Crippen LogP) is 2.20. The second-order valence-electron chi connectivity index (χ2n) is 6.73. The second-order valence-corrected chi connectivity index (χ2v) is 6.73. The zero-order valence-corrected chi connectivity index (χ0v) is 14.9. The summed E-state index contributed by atoms with van der Waals surface area (Å²) in [6.45, 7) is 2.94. The first kappa shape index (κ1) is 18.2. The summed E-state index contributed by atoms with van der Waals surface area (Å²) in [6.07, 6.45) is 4.54. The van der Waals surface area contributed by atoms with Gasteiger partial charge in [0, 0.05) is 12.7 Å². The maximum atomic E-state index is 12.4. The van der Waals surface area contributed by atoms with Gasteiger partial charge in [0.1, 0.15) is 23.7 Å². The van der Waals surface area contributed by atoms with E-state index >= 15 is 0 Å². The molecule has 2 aromatic rings. The Balaban J connectivity index is 1.53. The molecule has 1 aromatic heterocycles. The van der Waals surface area contributed by atoms with Gasteiger partial charge in [-0.15, -0.1) is 0 Å². The summed E-state index contributed by atoms with van der Waals surface area (Å²) in [7, 11) is 0. The molecule has 1 unspecified atom stereocenters. The van der Waals surface area contributed by atoms with Crippen LogP contribution in [-0.2, 0) is 4.79 Å². The predicted molar refractivity (Wildman–Crippen MR) is 97.2 cm³/mol. The number of β-amino-alcohol motifs (C(OH)–C–C–N with tert-alkyl or cyclic N) is 1. The van der Waals surface area contributed by atoms with Gasteiger partial charge in [0.05, 0.1) is 12.7 Å². The number of nitrogens with zero attached hydrogens (tertiary/aromatic N) is 2. The Bertz CT molecular complexity index is 738. The minimum Gasteiger partial charge on any atom is -0.491 e. The highest BCUT2D eigenvalue weighted by Gasteiger charge is 2.36. The van der Waals surface area contributed by atoms with E-state index in [1.807, 2.05) is 31.2 Å². The lowest BCUT2D eigenvalue weighted by molar-refractivity contribution is -0.142. The molecule has 138 valence electrons. The molecule has 1 amide bonds. The van der Waals surface area contributed by atoms with E-state index in [1.54, 1.807) is 29.4 Å². The number of pyridine rings is 1. The molecule has 1 saturated heterocycles. The van der Waals surface area contributed by atoms with Crippen molar-refractivity contribution in [2.75, 3.05) is 26.3 Å². The lowest BCUT2D eigenvalue weighted by atomic mass is 9.93. The molecule has 3 rings (SSSR count). The van der Waals surface area contributed by atoms with Gasteiger partial charge in [-0.25, -0.2) is 0 Å². The molecule has 0 saturated carbocycles. The molecule has 6 nitrogen and oxygen atoms in total. The van der Waals surface area contributed by atoms with Crippen molar-refractivity contribution in [1.29, 1.82) is 0 Å². The van der Waals surface area contributed by atoms with E-state index in [9.17, 15) is 9.90 Å². The van der Waals surface area contributed by atoms with Crippen molar-refractivity contribution in [3.8, 4) is 11.5 Å². The van der Waals surface area contributed by atoms with E-state index in [1.165, 1.54) is 0 Å². The number of aryl methyl sites for hydroxylation is 1. The van der Waals surface area contributed by atoms with E-state index in [0.29, 0.717) is 18.7 Å². The van der Waals surface area contributed by atoms with Crippen molar-refractivity contribution >= 4 is 5.91 Å². The zero-order valence-electron chi connectivity index (χ0n) is 14.9. The van der Waals surface area contributed by atoms with Crippen molar-refractivity contribution in [2.24, 2.45) is 0 Å². The minimum absolute atomic E-state index is 0.0689. The highest BCUT2D eigenvalue weighted by molar-refractivity contribution is 5.78. The maximum absolute atomic E-state index is 12.4. The molecule has 1 aromatic carbocycles. The van der Waals surface area contributed by atoms with Gasteiger partial charge < -0.3 is 19.5 Å². The number of piperidine rings is 1. The molecule has 0 radical (unpaired) electrons. The first-order valence-electron chi connectivity index (χ1n) is 8.77. The van der Waals surface area contributed by atoms with Crippen LogP contribution in [0.5, 0.6) is 11.5 Å². The monoisotopic (exact) mass is 356 g/mol. The molecular formula is C20H24N2O4. The first-order chi connectivity index (χ1) is 12.5. The van der Waals surface area contributed by atoms with E-state index < -0.39 is 5.60 Å². The van der Waals surface area contributed by atoms with Crippen LogP contribution in [0.2, 0.25) is 0 Å². The van der Waals surface area contributed by atoms with Gasteiger partial charge in [-0.1, -0.05) is 12.1 Å². The standard InChI is InChI=1S/C20H24N2O4/c1-16-5-2-6-17(11-16)26-15-20(24)8-4-10-22(14-20)19(23)13-25-18-7-3-9-21-12-18/h2-3,5-7,9,11-12,24H,4,8,10,13-15H2,1H3. The third kappa shape index (κ3) is 4.95. The third-order valence-electron chi connectivity index (χ3n) is 4.40. The average molecular weight is 356 g/mol. The molecule has 1 aliphatic rings. The minimum atomic E-state index is -1.05. The molecule has 0 spiro atoms. The number of carbonyl (C=O) groups excluding carboxylic acids is 1. The van der Waals surface area contributed by atoms with Crippen LogP contribution in [-0.4, -0.2) is 52.8 Å². The van der Waals surface area contributed by atoms with Crippen LogP contribution in [0.4, 0.5) is 0 Å². The van der Waals surface area contributed by atoms with Crippen molar-refractivity contribution in [1.82, 2.24) is 9.88 Å². The van der Waals surface area contributed by atoms with Crippen molar-refractivity contribution < 1.29 is 19.4 Å². The summed E-state index contributed by atoms with van der Waals surface area (Å²) >= 11 is 0. The number of likely N-dealkylation sites (tertiary alicyclic amines) is 1. The number of benzene rings is 1. The quantitative estimate of drug-likeness (QED) is 0.859. The molecule has 26 heavy (non-hydrogen) atoms. The van der Waals surface area contributed by atoms with Gasteiger partial charge in [0.25, 0.3) is 5.91 Å². The Morgan fingerprint density at radius 2 is 2.12 bits per heavy atom. The number of rotatable bonds is 6. The number of ether oxygens (including phenoxy) is 2. The molecule has 1 aliphatic heterocycles. The molecule has 0 bridgehead atoms. The van der Waals surface area contributed by atoms with E-state index in [2.05, 4.69) is 4.98 Å². The van der Waals surface area contributed by atoms with E-state index in [4.69, 9.17) is 9.47 Å². The lowest BCUT2D eigenvalue weighted by Gasteiger charge is -2.38. The number of amides is 1. The molecule has 1 fully saturated rings. The fourth-order valence-corrected chi connectivity index (χ4v) is 3.03. The fraction of sp³-hybridized carbons (Fsp3) is 0.400. The van der Waals surface area contributed by atoms with Crippen LogP contribution in [0.3, 0.4) is 0 Å². The Hall–Kier alpha value is -2.60. The molecule has 1 N–H and O–H groups in total. The second kappa shape index (κ2) is 8.19. The van der Waals surface area contributed by atoms with E-state index in [-0.39, 0.29) is 25.7 Å². The molecule has 0 aliphatic carbocycles. The van der Waals surface area contributed by atoms with Crippen LogP contribution in [0.15, 0.2) is 48.8 Å². The highest BCUT2D eigenvalue weighted by Crippen LogP contribution is 2.23. The van der Waals surface area contributed by atoms with Crippen LogP contribution in [0.1, 0.15) is 18.4 Å². The number of hydrogen-bond donors (Lipinski definition) is 1. The number of carbonyl (C=O) groups is 1. The summed E-state index contributed by atoms with van der Waals surface area (Å²) in [5.41, 5.74) is 0.0499. The smallest absolute Gasteiger partial charge is 0.260 e. The fourth-order valence-electron chi connectivity index (χ4n) is 3.03. The largest absolute Gasteiger partial charge is 0.491 e.